The molecule has 6 heteroatoms. The van der Waals surface area contributed by atoms with Gasteiger partial charge in [0.25, 0.3) is 0 Å². The highest BCUT2D eigenvalue weighted by Crippen LogP contribution is 2.38. The molecule has 1 N–H and O–H groups in total. The van der Waals surface area contributed by atoms with Gasteiger partial charge in [0.15, 0.2) is 8.32 Å². The van der Waals surface area contributed by atoms with E-state index in [-0.39, 0.29) is 24.0 Å². The van der Waals surface area contributed by atoms with Gasteiger partial charge in [-0.1, -0.05) is 58.0 Å². The minimum absolute atomic E-state index is 0.0534. The van der Waals surface area contributed by atoms with Crippen molar-refractivity contribution in [3.05, 3.63) is 35.9 Å². The molecule has 2 unspecified atom stereocenters. The van der Waals surface area contributed by atoms with Crippen LogP contribution in [0.25, 0.3) is 0 Å². The zero-order valence-electron chi connectivity index (χ0n) is 16.7. The third-order valence-electron chi connectivity index (χ3n) is 4.88. The first-order valence-electron chi connectivity index (χ1n) is 9.10. The van der Waals surface area contributed by atoms with Gasteiger partial charge in [-0.3, -0.25) is 9.59 Å². The van der Waals surface area contributed by atoms with E-state index in [0.29, 0.717) is 6.42 Å². The molecule has 0 spiro atoms. The van der Waals surface area contributed by atoms with E-state index in [1.807, 2.05) is 50.3 Å². The summed E-state index contributed by atoms with van der Waals surface area (Å²) < 4.78 is 11.8. The molecule has 0 aliphatic rings. The summed E-state index contributed by atoms with van der Waals surface area (Å²) in [6.07, 6.45) is -0.606. The number of carbonyl (C=O) groups excluding carboxylic acids is 1. The van der Waals surface area contributed by atoms with Crippen molar-refractivity contribution < 1.29 is 23.9 Å². The highest BCUT2D eigenvalue weighted by molar-refractivity contribution is 6.74. The lowest BCUT2D eigenvalue weighted by Gasteiger charge is -2.38. The van der Waals surface area contributed by atoms with E-state index in [0.717, 1.165) is 5.56 Å². The van der Waals surface area contributed by atoms with Crippen LogP contribution in [0.5, 0.6) is 0 Å². The molecular formula is C20H32O5Si. The highest BCUT2D eigenvalue weighted by atomic mass is 28.4. The van der Waals surface area contributed by atoms with Crippen molar-refractivity contribution in [3.8, 4) is 0 Å². The molecular weight excluding hydrogens is 348 g/mol. The number of benzene rings is 1. The van der Waals surface area contributed by atoms with Crippen molar-refractivity contribution >= 4 is 20.3 Å². The zero-order valence-corrected chi connectivity index (χ0v) is 17.7. The fourth-order valence-corrected chi connectivity index (χ4v) is 3.74. The monoisotopic (exact) mass is 380 g/mol. The van der Waals surface area contributed by atoms with Gasteiger partial charge in [0, 0.05) is 0 Å². The van der Waals surface area contributed by atoms with Gasteiger partial charge in [-0.15, -0.1) is 0 Å². The van der Waals surface area contributed by atoms with Crippen LogP contribution in [-0.4, -0.2) is 31.5 Å². The Balaban J connectivity index is 2.80. The van der Waals surface area contributed by atoms with E-state index in [1.54, 1.807) is 0 Å². The van der Waals surface area contributed by atoms with Crippen molar-refractivity contribution in [1.82, 2.24) is 0 Å². The van der Waals surface area contributed by atoms with Gasteiger partial charge in [-0.25, -0.2) is 0 Å². The second-order valence-corrected chi connectivity index (χ2v) is 12.9. The molecule has 0 radical (unpaired) electrons. The first kappa shape index (κ1) is 22.4. The lowest BCUT2D eigenvalue weighted by atomic mass is 10.1. The Morgan fingerprint density at radius 2 is 1.69 bits per heavy atom. The topological polar surface area (TPSA) is 72.8 Å². The van der Waals surface area contributed by atoms with Crippen molar-refractivity contribution in [2.75, 3.05) is 0 Å². The summed E-state index contributed by atoms with van der Waals surface area (Å²) >= 11 is 0. The Bertz CT molecular complexity index is 592. The van der Waals surface area contributed by atoms with E-state index in [1.165, 1.54) is 0 Å². The van der Waals surface area contributed by atoms with Gasteiger partial charge in [-0.2, -0.15) is 0 Å². The van der Waals surface area contributed by atoms with Gasteiger partial charge in [0.05, 0.1) is 18.9 Å². The molecule has 0 bridgehead atoms. The van der Waals surface area contributed by atoms with E-state index in [4.69, 9.17) is 9.16 Å². The summed E-state index contributed by atoms with van der Waals surface area (Å²) in [6.45, 7) is 12.3. The molecule has 0 aliphatic heterocycles. The number of rotatable bonds is 9. The lowest BCUT2D eigenvalue weighted by molar-refractivity contribution is -0.152. The summed E-state index contributed by atoms with van der Waals surface area (Å²) in [7, 11) is -2.18. The smallest absolute Gasteiger partial charge is 0.308 e. The lowest BCUT2D eigenvalue weighted by Crippen LogP contribution is -2.45. The number of carbonyl (C=O) groups is 2. The van der Waals surface area contributed by atoms with Crippen LogP contribution in [0.2, 0.25) is 18.1 Å². The molecule has 0 heterocycles. The largest absolute Gasteiger partial charge is 0.481 e. The average Bonchev–Trinajstić information content (AvgIpc) is 2.51. The van der Waals surface area contributed by atoms with Crippen molar-refractivity contribution in [2.45, 2.75) is 77.3 Å². The number of carboxylic acids is 1. The summed E-state index contributed by atoms with van der Waals surface area (Å²) in [5, 5.41) is 9.12. The van der Waals surface area contributed by atoms with Crippen molar-refractivity contribution in [2.24, 2.45) is 0 Å². The normalized spacial score (nSPS) is 14.5. The van der Waals surface area contributed by atoms with Gasteiger partial charge < -0.3 is 14.3 Å². The van der Waals surface area contributed by atoms with Crippen LogP contribution in [0, 0.1) is 0 Å². The van der Waals surface area contributed by atoms with Crippen LogP contribution in [0.15, 0.2) is 30.3 Å². The van der Waals surface area contributed by atoms with Crippen molar-refractivity contribution in [3.63, 3.8) is 0 Å². The molecule has 0 saturated carbocycles. The molecule has 1 rings (SSSR count). The maximum atomic E-state index is 12.4. The van der Waals surface area contributed by atoms with E-state index in [2.05, 4.69) is 20.8 Å². The molecule has 1 aromatic carbocycles. The Hall–Kier alpha value is -1.66. The van der Waals surface area contributed by atoms with Gasteiger partial charge in [0.1, 0.15) is 6.10 Å². The third-order valence-corrected chi connectivity index (χ3v) is 9.41. The highest BCUT2D eigenvalue weighted by Gasteiger charge is 2.40. The summed E-state index contributed by atoms with van der Waals surface area (Å²) in [5.41, 5.74) is 0.934. The van der Waals surface area contributed by atoms with Gasteiger partial charge in [0.2, 0.25) is 0 Å². The first-order chi connectivity index (χ1) is 12.0. The summed E-state index contributed by atoms with van der Waals surface area (Å²) in [5.74, 6) is -1.40. The van der Waals surface area contributed by atoms with Crippen LogP contribution in [0.1, 0.15) is 58.6 Å². The molecule has 0 fully saturated rings. The number of carboxylic acid groups (broad SMARTS) is 1. The number of hydrogen-bond donors (Lipinski definition) is 1. The van der Waals surface area contributed by atoms with Gasteiger partial charge >= 0.3 is 11.9 Å². The SMILES string of the molecule is CCC(OC(=O)CC(CC(=O)O)O[Si](C)(C)C(C)(C)C)c1ccccc1. The average molecular weight is 381 g/mol. The molecule has 26 heavy (non-hydrogen) atoms. The van der Waals surface area contributed by atoms with Crippen LogP contribution in [-0.2, 0) is 18.8 Å². The Kier molecular flexibility index (Phi) is 8.03. The maximum absolute atomic E-state index is 12.4. The molecule has 2 atom stereocenters. The number of aliphatic carboxylic acids is 1. The third kappa shape index (κ3) is 6.92. The van der Waals surface area contributed by atoms with Crippen LogP contribution in [0.3, 0.4) is 0 Å². The minimum atomic E-state index is -2.18. The molecule has 5 nitrogen and oxygen atoms in total. The van der Waals surface area contributed by atoms with E-state index < -0.39 is 26.4 Å². The molecule has 0 amide bonds. The Morgan fingerprint density at radius 3 is 2.15 bits per heavy atom. The number of ether oxygens (including phenoxy) is 1. The molecule has 146 valence electrons. The maximum Gasteiger partial charge on any atom is 0.308 e. The number of esters is 1. The summed E-state index contributed by atoms with van der Waals surface area (Å²) in [4.78, 5) is 23.6. The molecule has 1 aromatic rings. The standard InChI is InChI=1S/C20H32O5Si/c1-7-17(15-11-9-8-10-12-15)24-19(23)14-16(13-18(21)22)25-26(5,6)20(2,3)4/h8-12,16-17H,7,13-14H2,1-6H3,(H,21,22). The predicted octanol–water partition coefficient (Wildman–Crippen LogP) is 4.94. The quantitative estimate of drug-likeness (QED) is 0.485. The minimum Gasteiger partial charge on any atom is -0.481 e. The molecule has 0 aromatic heterocycles. The van der Waals surface area contributed by atoms with Crippen LogP contribution >= 0.6 is 0 Å². The Labute approximate surface area is 157 Å². The fourth-order valence-electron chi connectivity index (χ4n) is 2.39. The zero-order chi connectivity index (χ0) is 20.0. The first-order valence-corrected chi connectivity index (χ1v) is 12.0. The summed E-state index contributed by atoms with van der Waals surface area (Å²) in [6, 6.07) is 9.55. The number of hydrogen-bond acceptors (Lipinski definition) is 4. The van der Waals surface area contributed by atoms with Crippen molar-refractivity contribution in [1.29, 1.82) is 0 Å². The molecule has 0 aliphatic carbocycles. The van der Waals surface area contributed by atoms with Crippen LogP contribution in [0.4, 0.5) is 0 Å². The Morgan fingerprint density at radius 1 is 1.12 bits per heavy atom. The van der Waals surface area contributed by atoms with Crippen LogP contribution < -0.4 is 0 Å². The predicted molar refractivity (Wildman–Crippen MR) is 105 cm³/mol. The molecule has 0 saturated heterocycles. The second kappa shape index (κ2) is 9.32. The van der Waals surface area contributed by atoms with E-state index in [9.17, 15) is 14.7 Å². The fraction of sp³-hybridized carbons (Fsp3) is 0.600. The van der Waals surface area contributed by atoms with Gasteiger partial charge in [-0.05, 0) is 30.1 Å². The second-order valence-electron chi connectivity index (χ2n) is 8.10. The van der Waals surface area contributed by atoms with E-state index >= 15 is 0 Å².